The summed E-state index contributed by atoms with van der Waals surface area (Å²) in [5.74, 6) is -0.136. The van der Waals surface area contributed by atoms with Crippen molar-refractivity contribution in [1.82, 2.24) is 4.72 Å². The molecule has 0 saturated heterocycles. The van der Waals surface area contributed by atoms with Gasteiger partial charge < -0.3 is 14.2 Å². The second kappa shape index (κ2) is 9.33. The number of hydrogen-bond acceptors (Lipinski definition) is 6. The summed E-state index contributed by atoms with van der Waals surface area (Å²) in [6, 6.07) is 6.29. The number of fused-ring (bicyclic) bond motifs is 1. The van der Waals surface area contributed by atoms with E-state index in [0.29, 0.717) is 42.8 Å². The van der Waals surface area contributed by atoms with Crippen LogP contribution >= 0.6 is 11.6 Å². The molecule has 1 heterocycles. The zero-order valence-electron chi connectivity index (χ0n) is 15.9. The summed E-state index contributed by atoms with van der Waals surface area (Å²) in [7, 11) is -4.35. The average Bonchev–Trinajstić information content (AvgIpc) is 2.96. The van der Waals surface area contributed by atoms with E-state index in [0.717, 1.165) is 18.2 Å². The highest BCUT2D eigenvalue weighted by Gasteiger charge is 2.31. The Morgan fingerprint density at radius 1 is 1.16 bits per heavy atom. The summed E-state index contributed by atoms with van der Waals surface area (Å²) in [5, 5.41) is 0.274. The summed E-state index contributed by atoms with van der Waals surface area (Å²) in [5.41, 5.74) is -0.632. The van der Waals surface area contributed by atoms with Gasteiger partial charge in [0.25, 0.3) is 0 Å². The molecule has 2 aromatic carbocycles. The van der Waals surface area contributed by atoms with Gasteiger partial charge in [-0.15, -0.1) is 0 Å². The van der Waals surface area contributed by atoms with Gasteiger partial charge in [0.15, 0.2) is 11.5 Å². The second-order valence-corrected chi connectivity index (χ2v) is 8.64. The Morgan fingerprint density at radius 2 is 1.90 bits per heavy atom. The Kier molecular flexibility index (Phi) is 6.97. The fourth-order valence-electron chi connectivity index (χ4n) is 2.66. The molecular formula is C19H17ClF3NO6S. The van der Waals surface area contributed by atoms with Crippen LogP contribution in [-0.2, 0) is 32.3 Å². The fraction of sp³-hybridized carbons (Fsp3) is 0.316. The normalized spacial score (nSPS) is 14.1. The number of hydrogen-bond donors (Lipinski definition) is 1. The Morgan fingerprint density at radius 3 is 2.65 bits per heavy atom. The standard InChI is InChI=1S/C19H17ClF3NO6S/c20-15-7-12(8-16-18(15)29-6-2-5-28-16)11-30-17(25)10-24-31(26,27)14-4-1-3-13(9-14)19(21,22)23/h1,3-4,7-9,24H,2,5-6,10-11H2. The second-order valence-electron chi connectivity index (χ2n) is 6.47. The molecule has 0 saturated carbocycles. The van der Waals surface area contributed by atoms with E-state index in [-0.39, 0.29) is 11.6 Å². The molecule has 0 atom stereocenters. The van der Waals surface area contributed by atoms with Crippen molar-refractivity contribution < 1.29 is 40.6 Å². The number of sulfonamides is 1. The Hall–Kier alpha value is -2.50. The molecule has 1 N–H and O–H groups in total. The van der Waals surface area contributed by atoms with E-state index in [2.05, 4.69) is 0 Å². The van der Waals surface area contributed by atoms with Crippen molar-refractivity contribution in [2.24, 2.45) is 0 Å². The van der Waals surface area contributed by atoms with Crippen LogP contribution in [0.15, 0.2) is 41.3 Å². The number of halogens is 4. The molecule has 0 fully saturated rings. The molecule has 0 radical (unpaired) electrons. The Balaban J connectivity index is 1.59. The highest BCUT2D eigenvalue weighted by molar-refractivity contribution is 7.89. The minimum atomic E-state index is -4.70. The first-order valence-corrected chi connectivity index (χ1v) is 10.8. The molecule has 1 aliphatic heterocycles. The van der Waals surface area contributed by atoms with E-state index < -0.39 is 39.2 Å². The van der Waals surface area contributed by atoms with Crippen molar-refractivity contribution in [3.05, 3.63) is 52.5 Å². The van der Waals surface area contributed by atoms with Gasteiger partial charge in [0.05, 0.1) is 28.7 Å². The molecule has 0 bridgehead atoms. The van der Waals surface area contributed by atoms with Gasteiger partial charge in [0.2, 0.25) is 10.0 Å². The van der Waals surface area contributed by atoms with E-state index >= 15 is 0 Å². The molecule has 0 unspecified atom stereocenters. The first kappa shape index (κ1) is 23.2. The van der Waals surface area contributed by atoms with Crippen LogP contribution in [0.2, 0.25) is 5.02 Å². The number of carbonyl (C=O) groups is 1. The highest BCUT2D eigenvalue weighted by Crippen LogP contribution is 2.38. The molecule has 0 spiro atoms. The molecule has 7 nitrogen and oxygen atoms in total. The fourth-order valence-corrected chi connectivity index (χ4v) is 3.96. The molecule has 1 aliphatic rings. The molecule has 12 heteroatoms. The lowest BCUT2D eigenvalue weighted by Gasteiger charge is -2.12. The monoisotopic (exact) mass is 479 g/mol. The zero-order valence-corrected chi connectivity index (χ0v) is 17.4. The lowest BCUT2D eigenvalue weighted by Crippen LogP contribution is -2.30. The number of nitrogens with one attached hydrogen (secondary N) is 1. The lowest BCUT2D eigenvalue weighted by atomic mass is 10.2. The summed E-state index contributed by atoms with van der Waals surface area (Å²) >= 11 is 6.15. The zero-order chi connectivity index (χ0) is 22.6. The summed E-state index contributed by atoms with van der Waals surface area (Å²) in [4.78, 5) is 11.3. The van der Waals surface area contributed by atoms with E-state index in [4.69, 9.17) is 25.8 Å². The summed E-state index contributed by atoms with van der Waals surface area (Å²) in [6.07, 6.45) is -4.02. The molecule has 0 amide bonds. The minimum Gasteiger partial charge on any atom is -0.489 e. The van der Waals surface area contributed by atoms with E-state index in [9.17, 15) is 26.4 Å². The molecule has 3 rings (SSSR count). The van der Waals surface area contributed by atoms with Gasteiger partial charge in [0.1, 0.15) is 13.2 Å². The van der Waals surface area contributed by atoms with Crippen LogP contribution in [-0.4, -0.2) is 34.1 Å². The number of ether oxygens (including phenoxy) is 3. The minimum absolute atomic E-state index is 0.222. The topological polar surface area (TPSA) is 90.9 Å². The Labute approximate surface area is 181 Å². The average molecular weight is 480 g/mol. The van der Waals surface area contributed by atoms with Gasteiger partial charge in [-0.25, -0.2) is 8.42 Å². The van der Waals surface area contributed by atoms with E-state index in [1.54, 1.807) is 6.07 Å². The van der Waals surface area contributed by atoms with Crippen LogP contribution in [0.4, 0.5) is 13.2 Å². The van der Waals surface area contributed by atoms with Crippen LogP contribution in [0.5, 0.6) is 11.5 Å². The van der Waals surface area contributed by atoms with Gasteiger partial charge in [-0.1, -0.05) is 17.7 Å². The van der Waals surface area contributed by atoms with Crippen LogP contribution in [0.25, 0.3) is 0 Å². The van der Waals surface area contributed by atoms with Gasteiger partial charge in [0, 0.05) is 6.42 Å². The lowest BCUT2D eigenvalue weighted by molar-refractivity contribution is -0.143. The largest absolute Gasteiger partial charge is 0.489 e. The number of esters is 1. The molecule has 31 heavy (non-hydrogen) atoms. The van der Waals surface area contributed by atoms with Crippen molar-refractivity contribution in [2.75, 3.05) is 19.8 Å². The van der Waals surface area contributed by atoms with Crippen molar-refractivity contribution in [3.8, 4) is 11.5 Å². The van der Waals surface area contributed by atoms with Crippen LogP contribution in [0.1, 0.15) is 17.5 Å². The third-order valence-corrected chi connectivity index (χ3v) is 5.82. The number of rotatable bonds is 6. The van der Waals surface area contributed by atoms with Gasteiger partial charge in [-0.05, 0) is 35.9 Å². The number of carbonyl (C=O) groups excluding carboxylic acids is 1. The quantitative estimate of drug-likeness (QED) is 0.637. The Bertz CT molecular complexity index is 1070. The number of benzene rings is 2. The summed E-state index contributed by atoms with van der Waals surface area (Å²) < 4.78 is 80.7. The van der Waals surface area contributed by atoms with Crippen molar-refractivity contribution >= 4 is 27.6 Å². The predicted octanol–water partition coefficient (Wildman–Crippen LogP) is 3.54. The van der Waals surface area contributed by atoms with Gasteiger partial charge in [-0.2, -0.15) is 17.9 Å². The first-order chi connectivity index (χ1) is 14.6. The summed E-state index contributed by atoms with van der Waals surface area (Å²) in [6.45, 7) is -0.103. The van der Waals surface area contributed by atoms with Gasteiger partial charge >= 0.3 is 12.1 Å². The van der Waals surface area contributed by atoms with E-state index in [1.807, 2.05) is 4.72 Å². The maximum absolute atomic E-state index is 12.8. The molecule has 0 aromatic heterocycles. The van der Waals surface area contributed by atoms with Crippen LogP contribution in [0, 0.1) is 0 Å². The third kappa shape index (κ3) is 6.02. The van der Waals surface area contributed by atoms with Crippen molar-refractivity contribution in [1.29, 1.82) is 0 Å². The predicted molar refractivity (Wildman–Crippen MR) is 103 cm³/mol. The molecule has 0 aliphatic carbocycles. The van der Waals surface area contributed by atoms with E-state index in [1.165, 1.54) is 6.07 Å². The van der Waals surface area contributed by atoms with Crippen LogP contribution in [0.3, 0.4) is 0 Å². The SMILES string of the molecule is O=C(CNS(=O)(=O)c1cccc(C(F)(F)F)c1)OCc1cc(Cl)c2c(c1)OCCCO2. The number of alkyl halides is 3. The third-order valence-electron chi connectivity index (χ3n) is 4.14. The maximum atomic E-state index is 12.8. The molecule has 168 valence electrons. The molecule has 2 aromatic rings. The maximum Gasteiger partial charge on any atom is 0.416 e. The molecular weight excluding hydrogens is 463 g/mol. The first-order valence-electron chi connectivity index (χ1n) is 8.97. The highest BCUT2D eigenvalue weighted by atomic mass is 35.5. The van der Waals surface area contributed by atoms with Gasteiger partial charge in [-0.3, -0.25) is 4.79 Å². The van der Waals surface area contributed by atoms with Crippen molar-refractivity contribution in [2.45, 2.75) is 24.1 Å². The van der Waals surface area contributed by atoms with Crippen molar-refractivity contribution in [3.63, 3.8) is 0 Å². The van der Waals surface area contributed by atoms with Crippen LogP contribution < -0.4 is 14.2 Å². The smallest absolute Gasteiger partial charge is 0.416 e.